The topological polar surface area (TPSA) is 74.7 Å². The second-order valence-electron chi connectivity index (χ2n) is 3.33. The number of β-lactam (4-membered cyclic amide) rings is 1. The molecule has 0 spiro atoms. The normalized spacial score (nSPS) is 35.8. The van der Waals surface area contributed by atoms with Crippen molar-refractivity contribution in [3.8, 4) is 0 Å². The Balaban J connectivity index is 2.37. The average molecular weight is 215 g/mol. The van der Waals surface area contributed by atoms with Crippen LogP contribution >= 0.6 is 0 Å². The van der Waals surface area contributed by atoms with E-state index in [1.54, 1.807) is 6.92 Å². The Bertz CT molecular complexity index is 376. The summed E-state index contributed by atoms with van der Waals surface area (Å²) in [5, 5.41) is 8.36. The van der Waals surface area contributed by atoms with Gasteiger partial charge >= 0.3 is 5.97 Å². The Morgan fingerprint density at radius 3 is 2.93 bits per heavy atom. The first-order chi connectivity index (χ1) is 6.54. The van der Waals surface area contributed by atoms with Crippen molar-refractivity contribution in [1.82, 2.24) is 4.90 Å². The highest BCUT2D eigenvalue weighted by Gasteiger charge is 2.52. The molecule has 0 aromatic rings. The number of hydrogen-bond acceptors (Lipinski definition) is 3. The highest BCUT2D eigenvalue weighted by atomic mass is 32.2. The van der Waals surface area contributed by atoms with Crippen LogP contribution in [0.15, 0.2) is 11.8 Å². The van der Waals surface area contributed by atoms with Crippen molar-refractivity contribution in [1.29, 1.82) is 0 Å². The van der Waals surface area contributed by atoms with E-state index in [0.717, 1.165) is 4.90 Å². The van der Waals surface area contributed by atoms with Gasteiger partial charge in [-0.25, -0.2) is 4.79 Å². The fourth-order valence-electron chi connectivity index (χ4n) is 1.76. The van der Waals surface area contributed by atoms with Gasteiger partial charge in [-0.15, -0.1) is 0 Å². The SMILES string of the molecule is C[C@H]1C(=O)N2C(C(=O)O)=CCS(=O)[C@@H]12. The Hall–Kier alpha value is -1.17. The molecule has 0 aromatic carbocycles. The minimum atomic E-state index is -1.15. The van der Waals surface area contributed by atoms with Crippen LogP contribution in [-0.4, -0.2) is 37.2 Å². The summed E-state index contributed by atoms with van der Waals surface area (Å²) in [6.07, 6.45) is 1.35. The molecule has 1 N–H and O–H groups in total. The highest BCUT2D eigenvalue weighted by Crippen LogP contribution is 2.35. The second-order valence-corrected chi connectivity index (χ2v) is 4.91. The lowest BCUT2D eigenvalue weighted by Gasteiger charge is -2.46. The van der Waals surface area contributed by atoms with Gasteiger partial charge in [0.2, 0.25) is 5.91 Å². The molecule has 14 heavy (non-hydrogen) atoms. The third kappa shape index (κ3) is 1.03. The van der Waals surface area contributed by atoms with E-state index in [-0.39, 0.29) is 23.3 Å². The quantitative estimate of drug-likeness (QED) is 0.599. The summed E-state index contributed by atoms with van der Waals surface area (Å²) in [4.78, 5) is 23.2. The van der Waals surface area contributed by atoms with Gasteiger partial charge in [0.1, 0.15) is 11.1 Å². The maximum atomic E-state index is 11.5. The molecule has 0 radical (unpaired) electrons. The first-order valence-electron chi connectivity index (χ1n) is 4.17. The zero-order chi connectivity index (χ0) is 10.5. The number of fused-ring (bicyclic) bond motifs is 1. The number of carbonyl (C=O) groups is 2. The summed E-state index contributed by atoms with van der Waals surface area (Å²) in [5.74, 6) is -1.48. The molecule has 3 atom stereocenters. The van der Waals surface area contributed by atoms with Crippen molar-refractivity contribution in [3.63, 3.8) is 0 Å². The number of nitrogens with zero attached hydrogens (tertiary/aromatic N) is 1. The number of amides is 1. The third-order valence-electron chi connectivity index (χ3n) is 2.50. The van der Waals surface area contributed by atoms with Gasteiger partial charge in [0.25, 0.3) is 0 Å². The molecule has 0 bridgehead atoms. The molecule has 1 fully saturated rings. The van der Waals surface area contributed by atoms with Crippen molar-refractivity contribution < 1.29 is 18.9 Å². The van der Waals surface area contributed by atoms with Crippen LogP contribution in [0.25, 0.3) is 0 Å². The largest absolute Gasteiger partial charge is 0.477 e. The number of carboxylic acid groups (broad SMARTS) is 1. The Morgan fingerprint density at radius 2 is 2.36 bits per heavy atom. The molecule has 2 aliphatic heterocycles. The van der Waals surface area contributed by atoms with Crippen LogP contribution in [0.5, 0.6) is 0 Å². The van der Waals surface area contributed by atoms with Crippen molar-refractivity contribution in [3.05, 3.63) is 11.8 Å². The lowest BCUT2D eigenvalue weighted by molar-refractivity contribution is -0.151. The maximum Gasteiger partial charge on any atom is 0.352 e. The standard InChI is InChI=1S/C8H9NO4S/c1-4-6(10)9-5(8(11)12)2-3-14(13)7(4)9/h2,4,7H,3H2,1H3,(H,11,12)/t4-,7-,14?/m0/s1. The van der Waals surface area contributed by atoms with E-state index < -0.39 is 22.1 Å². The minimum absolute atomic E-state index is 0.0299. The van der Waals surface area contributed by atoms with Crippen molar-refractivity contribution in [2.45, 2.75) is 12.3 Å². The van der Waals surface area contributed by atoms with E-state index in [1.807, 2.05) is 0 Å². The van der Waals surface area contributed by atoms with Crippen molar-refractivity contribution in [2.24, 2.45) is 5.92 Å². The van der Waals surface area contributed by atoms with Crippen molar-refractivity contribution in [2.75, 3.05) is 5.75 Å². The number of hydrogen-bond donors (Lipinski definition) is 1. The molecule has 0 saturated carbocycles. The first-order valence-corrected chi connectivity index (χ1v) is 5.56. The van der Waals surface area contributed by atoms with E-state index in [1.165, 1.54) is 6.08 Å². The zero-order valence-corrected chi connectivity index (χ0v) is 8.28. The summed E-state index contributed by atoms with van der Waals surface area (Å²) in [7, 11) is -1.15. The summed E-state index contributed by atoms with van der Waals surface area (Å²) in [6.45, 7) is 1.67. The second kappa shape index (κ2) is 2.91. The molecule has 5 nitrogen and oxygen atoms in total. The van der Waals surface area contributed by atoms with E-state index in [4.69, 9.17) is 5.11 Å². The predicted molar refractivity (Wildman–Crippen MR) is 48.5 cm³/mol. The summed E-state index contributed by atoms with van der Waals surface area (Å²) < 4.78 is 11.5. The molecule has 0 aromatic heterocycles. The van der Waals surface area contributed by atoms with E-state index in [2.05, 4.69) is 0 Å². The zero-order valence-electron chi connectivity index (χ0n) is 7.47. The van der Waals surface area contributed by atoms with Gasteiger partial charge < -0.3 is 5.11 Å². The van der Waals surface area contributed by atoms with Crippen LogP contribution in [-0.2, 0) is 20.4 Å². The molecule has 2 rings (SSSR count). The number of aliphatic carboxylic acids is 1. The summed E-state index contributed by atoms with van der Waals surface area (Å²) in [5.41, 5.74) is -0.0299. The molecule has 1 saturated heterocycles. The van der Waals surface area contributed by atoms with Gasteiger partial charge in [-0.3, -0.25) is 13.9 Å². The molecule has 2 heterocycles. The third-order valence-corrected chi connectivity index (χ3v) is 4.15. The number of carboxylic acids is 1. The van der Waals surface area contributed by atoms with Gasteiger partial charge in [-0.05, 0) is 6.08 Å². The molecule has 1 amide bonds. The molecule has 0 aliphatic carbocycles. The summed E-state index contributed by atoms with van der Waals surface area (Å²) >= 11 is 0. The fourth-order valence-corrected chi connectivity index (χ4v) is 3.30. The molecule has 2 aliphatic rings. The molecule has 1 unspecified atom stereocenters. The van der Waals surface area contributed by atoms with Crippen LogP contribution < -0.4 is 0 Å². The smallest absolute Gasteiger partial charge is 0.352 e. The molecular weight excluding hydrogens is 206 g/mol. The highest BCUT2D eigenvalue weighted by molar-refractivity contribution is 7.86. The van der Waals surface area contributed by atoms with Crippen LogP contribution in [0.2, 0.25) is 0 Å². The number of rotatable bonds is 1. The van der Waals surface area contributed by atoms with Crippen LogP contribution in [0, 0.1) is 5.92 Å². The van der Waals surface area contributed by atoms with Gasteiger partial charge in [-0.2, -0.15) is 0 Å². The number of carbonyl (C=O) groups excluding carboxylic acids is 1. The average Bonchev–Trinajstić information content (AvgIpc) is 2.15. The van der Waals surface area contributed by atoms with Crippen LogP contribution in [0.1, 0.15) is 6.92 Å². The van der Waals surface area contributed by atoms with Crippen LogP contribution in [0.3, 0.4) is 0 Å². The fraction of sp³-hybridized carbons (Fsp3) is 0.500. The lowest BCUT2D eigenvalue weighted by atomic mass is 9.99. The molecular formula is C8H9NO4S. The molecule has 76 valence electrons. The van der Waals surface area contributed by atoms with E-state index >= 15 is 0 Å². The monoisotopic (exact) mass is 215 g/mol. The van der Waals surface area contributed by atoms with E-state index in [9.17, 15) is 13.8 Å². The minimum Gasteiger partial charge on any atom is -0.477 e. The maximum absolute atomic E-state index is 11.5. The van der Waals surface area contributed by atoms with Crippen molar-refractivity contribution >= 4 is 22.7 Å². The Labute approximate surface area is 82.8 Å². The van der Waals surface area contributed by atoms with Gasteiger partial charge in [0.05, 0.1) is 5.92 Å². The van der Waals surface area contributed by atoms with Gasteiger partial charge in [0, 0.05) is 16.6 Å². The summed E-state index contributed by atoms with van der Waals surface area (Å²) in [6, 6.07) is 0. The van der Waals surface area contributed by atoms with E-state index in [0.29, 0.717) is 0 Å². The van der Waals surface area contributed by atoms with Gasteiger partial charge in [0.15, 0.2) is 0 Å². The van der Waals surface area contributed by atoms with Crippen LogP contribution in [0.4, 0.5) is 0 Å². The Morgan fingerprint density at radius 1 is 1.71 bits per heavy atom. The first kappa shape index (κ1) is 9.39. The lowest BCUT2D eigenvalue weighted by Crippen LogP contribution is -2.63. The predicted octanol–water partition coefficient (Wildman–Crippen LogP) is -0.478. The Kier molecular flexibility index (Phi) is 1.95. The molecule has 6 heteroatoms. The van der Waals surface area contributed by atoms with Gasteiger partial charge in [-0.1, -0.05) is 6.92 Å².